The van der Waals surface area contributed by atoms with Gasteiger partial charge >= 0.3 is 0 Å². The van der Waals surface area contributed by atoms with Gasteiger partial charge in [0, 0.05) is 31.2 Å². The van der Waals surface area contributed by atoms with Crippen molar-refractivity contribution in [3.8, 4) is 11.5 Å². The molecule has 1 saturated carbocycles. The molecule has 3 rings (SSSR count). The van der Waals surface area contributed by atoms with Crippen molar-refractivity contribution < 1.29 is 9.47 Å². The maximum absolute atomic E-state index is 5.53. The van der Waals surface area contributed by atoms with E-state index in [0.717, 1.165) is 36.8 Å². The van der Waals surface area contributed by atoms with Crippen LogP contribution in [0.5, 0.6) is 11.5 Å². The Morgan fingerprint density at radius 1 is 1.15 bits per heavy atom. The molecular weight excluding hydrogens is 252 g/mol. The monoisotopic (exact) mass is 276 g/mol. The van der Waals surface area contributed by atoms with Crippen LogP contribution >= 0.6 is 0 Å². The molecule has 1 saturated heterocycles. The summed E-state index contributed by atoms with van der Waals surface area (Å²) in [5.74, 6) is 1.82. The van der Waals surface area contributed by atoms with Crippen LogP contribution in [-0.2, 0) is 0 Å². The van der Waals surface area contributed by atoms with Crippen LogP contribution in [0.25, 0.3) is 0 Å². The summed E-state index contributed by atoms with van der Waals surface area (Å²) in [5, 5.41) is 3.75. The Balaban J connectivity index is 1.87. The first kappa shape index (κ1) is 13.6. The van der Waals surface area contributed by atoms with Crippen LogP contribution in [0.2, 0.25) is 0 Å². The summed E-state index contributed by atoms with van der Waals surface area (Å²) >= 11 is 0. The topological polar surface area (TPSA) is 33.7 Å². The molecule has 1 aliphatic carbocycles. The Kier molecular flexibility index (Phi) is 3.74. The lowest BCUT2D eigenvalue weighted by atomic mass is 9.94. The number of ether oxygens (including phenoxy) is 2. The van der Waals surface area contributed by atoms with Crippen molar-refractivity contribution in [1.29, 1.82) is 0 Å². The van der Waals surface area contributed by atoms with Gasteiger partial charge in [0.2, 0.25) is 0 Å². The van der Waals surface area contributed by atoms with Gasteiger partial charge in [0.15, 0.2) is 0 Å². The summed E-state index contributed by atoms with van der Waals surface area (Å²) in [6.07, 6.45) is 5.26. The van der Waals surface area contributed by atoms with Crippen molar-refractivity contribution in [2.45, 2.75) is 31.2 Å². The second-order valence-electron chi connectivity index (χ2n) is 5.87. The predicted molar refractivity (Wildman–Crippen MR) is 81.0 cm³/mol. The Bertz CT molecular complexity index is 470. The molecule has 0 amide bonds. The largest absolute Gasteiger partial charge is 0.497 e. The number of hydrogen-bond donors (Lipinski definition) is 1. The molecule has 2 aliphatic rings. The van der Waals surface area contributed by atoms with Gasteiger partial charge in [-0.1, -0.05) is 12.8 Å². The lowest BCUT2D eigenvalue weighted by Crippen LogP contribution is -2.59. The van der Waals surface area contributed by atoms with Crippen molar-refractivity contribution in [3.05, 3.63) is 18.2 Å². The number of hydrogen-bond acceptors (Lipinski definition) is 4. The van der Waals surface area contributed by atoms with E-state index in [0.29, 0.717) is 5.54 Å². The highest BCUT2D eigenvalue weighted by molar-refractivity contribution is 5.62. The molecule has 1 spiro atoms. The Hall–Kier alpha value is -1.42. The molecular formula is C16H24N2O2. The number of anilines is 1. The molecule has 0 unspecified atom stereocenters. The third kappa shape index (κ3) is 2.44. The SMILES string of the molecule is COc1ccc(OC)c(N2CCNC3(CCCC3)C2)c1. The van der Waals surface area contributed by atoms with Crippen molar-refractivity contribution in [1.82, 2.24) is 5.32 Å². The molecule has 0 radical (unpaired) electrons. The van der Waals surface area contributed by atoms with Crippen LogP contribution in [0.1, 0.15) is 25.7 Å². The van der Waals surface area contributed by atoms with Gasteiger partial charge < -0.3 is 19.7 Å². The van der Waals surface area contributed by atoms with Crippen LogP contribution in [0.15, 0.2) is 18.2 Å². The smallest absolute Gasteiger partial charge is 0.142 e. The second kappa shape index (κ2) is 5.52. The molecule has 0 aromatic heterocycles. The van der Waals surface area contributed by atoms with E-state index >= 15 is 0 Å². The molecule has 20 heavy (non-hydrogen) atoms. The number of rotatable bonds is 3. The average Bonchev–Trinajstić information content (AvgIpc) is 2.94. The standard InChI is InChI=1S/C16H24N2O2/c1-19-13-5-6-15(20-2)14(11-13)18-10-9-17-16(12-18)7-3-4-8-16/h5-6,11,17H,3-4,7-10,12H2,1-2H3. The normalized spacial score (nSPS) is 21.2. The van der Waals surface area contributed by atoms with E-state index in [-0.39, 0.29) is 0 Å². The lowest BCUT2D eigenvalue weighted by molar-refractivity contribution is 0.301. The highest BCUT2D eigenvalue weighted by Gasteiger charge is 2.38. The first-order valence-electron chi connectivity index (χ1n) is 7.48. The third-order valence-electron chi connectivity index (χ3n) is 4.66. The highest BCUT2D eigenvalue weighted by Crippen LogP contribution is 2.37. The fourth-order valence-electron chi connectivity index (χ4n) is 3.59. The molecule has 0 atom stereocenters. The zero-order chi connectivity index (χ0) is 14.0. The first-order chi connectivity index (χ1) is 9.76. The van der Waals surface area contributed by atoms with Gasteiger partial charge in [-0.2, -0.15) is 0 Å². The molecule has 110 valence electrons. The number of methoxy groups -OCH3 is 2. The molecule has 1 aliphatic heterocycles. The molecule has 1 aromatic carbocycles. The number of piperazine rings is 1. The third-order valence-corrected chi connectivity index (χ3v) is 4.66. The van der Waals surface area contributed by atoms with Gasteiger partial charge in [0.25, 0.3) is 0 Å². The van der Waals surface area contributed by atoms with Crippen molar-refractivity contribution >= 4 is 5.69 Å². The summed E-state index contributed by atoms with van der Waals surface area (Å²) in [4.78, 5) is 2.45. The molecule has 0 bridgehead atoms. The maximum atomic E-state index is 5.53. The minimum absolute atomic E-state index is 0.312. The lowest BCUT2D eigenvalue weighted by Gasteiger charge is -2.43. The summed E-state index contributed by atoms with van der Waals surface area (Å²) in [6, 6.07) is 6.04. The van der Waals surface area contributed by atoms with E-state index < -0.39 is 0 Å². The molecule has 4 nitrogen and oxygen atoms in total. The van der Waals surface area contributed by atoms with E-state index in [1.54, 1.807) is 14.2 Å². The fourth-order valence-corrected chi connectivity index (χ4v) is 3.59. The molecule has 2 fully saturated rings. The maximum Gasteiger partial charge on any atom is 0.142 e. The van der Waals surface area contributed by atoms with E-state index in [1.165, 1.54) is 25.7 Å². The van der Waals surface area contributed by atoms with E-state index in [4.69, 9.17) is 9.47 Å². The minimum Gasteiger partial charge on any atom is -0.497 e. The van der Waals surface area contributed by atoms with Crippen LogP contribution in [0.4, 0.5) is 5.69 Å². The summed E-state index contributed by atoms with van der Waals surface area (Å²) < 4.78 is 10.9. The molecule has 1 N–H and O–H groups in total. The molecule has 1 aromatic rings. The number of nitrogens with one attached hydrogen (secondary N) is 1. The van der Waals surface area contributed by atoms with Gasteiger partial charge in [-0.3, -0.25) is 0 Å². The van der Waals surface area contributed by atoms with Crippen molar-refractivity contribution in [2.75, 3.05) is 38.8 Å². The van der Waals surface area contributed by atoms with Gasteiger partial charge in [-0.05, 0) is 25.0 Å². The zero-order valence-electron chi connectivity index (χ0n) is 12.4. The second-order valence-corrected chi connectivity index (χ2v) is 5.87. The van der Waals surface area contributed by atoms with Crippen molar-refractivity contribution in [3.63, 3.8) is 0 Å². The fraction of sp³-hybridized carbons (Fsp3) is 0.625. The van der Waals surface area contributed by atoms with Gasteiger partial charge in [-0.25, -0.2) is 0 Å². The van der Waals surface area contributed by atoms with Gasteiger partial charge in [0.1, 0.15) is 11.5 Å². The molecule has 4 heteroatoms. The summed E-state index contributed by atoms with van der Waals surface area (Å²) in [7, 11) is 3.45. The first-order valence-corrected chi connectivity index (χ1v) is 7.48. The van der Waals surface area contributed by atoms with Gasteiger partial charge in [0.05, 0.1) is 19.9 Å². The number of benzene rings is 1. The minimum atomic E-state index is 0.312. The Morgan fingerprint density at radius 2 is 1.95 bits per heavy atom. The van der Waals surface area contributed by atoms with Gasteiger partial charge in [-0.15, -0.1) is 0 Å². The zero-order valence-corrected chi connectivity index (χ0v) is 12.4. The van der Waals surface area contributed by atoms with E-state index in [2.05, 4.69) is 16.3 Å². The van der Waals surface area contributed by atoms with E-state index in [1.807, 2.05) is 12.1 Å². The Morgan fingerprint density at radius 3 is 2.65 bits per heavy atom. The molecule has 1 heterocycles. The highest BCUT2D eigenvalue weighted by atomic mass is 16.5. The van der Waals surface area contributed by atoms with Crippen LogP contribution < -0.4 is 19.7 Å². The predicted octanol–water partition coefficient (Wildman–Crippen LogP) is 2.43. The quantitative estimate of drug-likeness (QED) is 0.919. The van der Waals surface area contributed by atoms with Crippen LogP contribution in [0, 0.1) is 0 Å². The summed E-state index contributed by atoms with van der Waals surface area (Å²) in [6.45, 7) is 3.13. The van der Waals surface area contributed by atoms with Crippen molar-refractivity contribution in [2.24, 2.45) is 0 Å². The van der Waals surface area contributed by atoms with Crippen LogP contribution in [0.3, 0.4) is 0 Å². The Labute approximate surface area is 121 Å². The summed E-state index contributed by atoms with van der Waals surface area (Å²) in [5.41, 5.74) is 1.46. The number of nitrogens with zero attached hydrogens (tertiary/aromatic N) is 1. The van der Waals surface area contributed by atoms with Crippen LogP contribution in [-0.4, -0.2) is 39.4 Å². The van der Waals surface area contributed by atoms with E-state index in [9.17, 15) is 0 Å². The average molecular weight is 276 g/mol.